The molecule has 0 radical (unpaired) electrons. The molecule has 0 saturated carbocycles. The number of rotatable bonds is 5. The van der Waals surface area contributed by atoms with Crippen LogP contribution in [-0.4, -0.2) is 19.1 Å². The van der Waals surface area contributed by atoms with E-state index in [1.807, 2.05) is 25.1 Å². The molecule has 0 spiro atoms. The Labute approximate surface area is 112 Å². The predicted molar refractivity (Wildman–Crippen MR) is 72.3 cm³/mol. The van der Waals surface area contributed by atoms with E-state index < -0.39 is 0 Å². The topological polar surface area (TPSA) is 51.5 Å². The molecule has 1 aromatic carbocycles. The average molecular weight is 259 g/mol. The highest BCUT2D eigenvalue weighted by atomic mass is 16.5. The number of benzene rings is 1. The van der Waals surface area contributed by atoms with Crippen LogP contribution in [0.4, 0.5) is 0 Å². The third kappa shape index (κ3) is 3.37. The van der Waals surface area contributed by atoms with E-state index in [0.717, 1.165) is 12.0 Å². The number of carbonyl (C=O) groups is 1. The first-order valence-electron chi connectivity index (χ1n) is 6.15. The third-order valence-corrected chi connectivity index (χ3v) is 2.85. The molecule has 1 heterocycles. The average Bonchev–Trinajstić information content (AvgIpc) is 2.91. The number of methoxy groups -OCH3 is 1. The largest absolute Gasteiger partial charge is 0.496 e. The number of nitrogens with one attached hydrogen (secondary N) is 1. The van der Waals surface area contributed by atoms with Crippen molar-refractivity contribution in [3.05, 3.63) is 54.0 Å². The molecule has 4 heteroatoms. The SMILES string of the molecule is COc1ccccc1C(=O)NC(C)Cc1ccoc1. The van der Waals surface area contributed by atoms with Crippen LogP contribution in [0, 0.1) is 0 Å². The number of carbonyl (C=O) groups excluding carboxylic acids is 1. The van der Waals surface area contributed by atoms with Gasteiger partial charge in [-0.3, -0.25) is 4.79 Å². The quantitative estimate of drug-likeness (QED) is 0.898. The van der Waals surface area contributed by atoms with Crippen molar-refractivity contribution in [2.75, 3.05) is 7.11 Å². The third-order valence-electron chi connectivity index (χ3n) is 2.85. The second-order valence-electron chi connectivity index (χ2n) is 4.41. The van der Waals surface area contributed by atoms with Crippen LogP contribution >= 0.6 is 0 Å². The molecule has 0 fully saturated rings. The standard InChI is InChI=1S/C15H17NO3/c1-11(9-12-7-8-19-10-12)16-15(17)13-5-3-4-6-14(13)18-2/h3-8,10-11H,9H2,1-2H3,(H,16,17). The van der Waals surface area contributed by atoms with E-state index in [4.69, 9.17) is 9.15 Å². The summed E-state index contributed by atoms with van der Waals surface area (Å²) in [5.41, 5.74) is 1.61. The number of ether oxygens (including phenoxy) is 1. The van der Waals surface area contributed by atoms with Crippen molar-refractivity contribution in [1.29, 1.82) is 0 Å². The maximum absolute atomic E-state index is 12.1. The van der Waals surface area contributed by atoms with Crippen molar-refractivity contribution < 1.29 is 13.9 Å². The first-order valence-corrected chi connectivity index (χ1v) is 6.15. The normalized spacial score (nSPS) is 11.9. The predicted octanol–water partition coefficient (Wildman–Crippen LogP) is 2.65. The van der Waals surface area contributed by atoms with E-state index in [-0.39, 0.29) is 11.9 Å². The lowest BCUT2D eigenvalue weighted by molar-refractivity contribution is 0.0937. The first kappa shape index (κ1) is 13.2. The van der Waals surface area contributed by atoms with Crippen LogP contribution in [0.15, 0.2) is 47.3 Å². The lowest BCUT2D eigenvalue weighted by Gasteiger charge is -2.14. The zero-order valence-electron chi connectivity index (χ0n) is 11.1. The fourth-order valence-corrected chi connectivity index (χ4v) is 1.95. The molecule has 1 N–H and O–H groups in total. The lowest BCUT2D eigenvalue weighted by Crippen LogP contribution is -2.34. The summed E-state index contributed by atoms with van der Waals surface area (Å²) in [5, 5.41) is 2.95. The summed E-state index contributed by atoms with van der Waals surface area (Å²) in [5.74, 6) is 0.448. The fourth-order valence-electron chi connectivity index (χ4n) is 1.95. The number of hydrogen-bond donors (Lipinski definition) is 1. The molecule has 0 saturated heterocycles. The summed E-state index contributed by atoms with van der Waals surface area (Å²) in [6.45, 7) is 1.96. The molecule has 1 aromatic heterocycles. The molecule has 4 nitrogen and oxygen atoms in total. The van der Waals surface area contributed by atoms with Crippen LogP contribution in [0.25, 0.3) is 0 Å². The minimum atomic E-state index is -0.131. The molecule has 0 aliphatic carbocycles. The molecule has 1 atom stereocenters. The van der Waals surface area contributed by atoms with Gasteiger partial charge in [0.25, 0.3) is 5.91 Å². The van der Waals surface area contributed by atoms with Gasteiger partial charge in [-0.2, -0.15) is 0 Å². The van der Waals surface area contributed by atoms with Gasteiger partial charge in [-0.15, -0.1) is 0 Å². The van der Waals surface area contributed by atoms with Gasteiger partial charge in [0.1, 0.15) is 5.75 Å². The van der Waals surface area contributed by atoms with Crippen LogP contribution in [-0.2, 0) is 6.42 Å². The van der Waals surface area contributed by atoms with Crippen LogP contribution in [0.2, 0.25) is 0 Å². The fraction of sp³-hybridized carbons (Fsp3) is 0.267. The molecule has 100 valence electrons. The molecule has 2 rings (SSSR count). The summed E-state index contributed by atoms with van der Waals surface area (Å²) in [4.78, 5) is 12.1. The minimum absolute atomic E-state index is 0.0232. The van der Waals surface area contributed by atoms with E-state index in [1.165, 1.54) is 0 Å². The Kier molecular flexibility index (Phi) is 4.23. The van der Waals surface area contributed by atoms with Gasteiger partial charge < -0.3 is 14.5 Å². The summed E-state index contributed by atoms with van der Waals surface area (Å²) >= 11 is 0. The van der Waals surface area contributed by atoms with Gasteiger partial charge in [-0.1, -0.05) is 12.1 Å². The molecule has 19 heavy (non-hydrogen) atoms. The van der Waals surface area contributed by atoms with E-state index in [2.05, 4.69) is 5.32 Å². The summed E-state index contributed by atoms with van der Waals surface area (Å²) in [6, 6.07) is 9.10. The van der Waals surface area contributed by atoms with E-state index >= 15 is 0 Å². The Morgan fingerprint density at radius 2 is 2.16 bits per heavy atom. The van der Waals surface area contributed by atoms with Crippen molar-refractivity contribution in [2.24, 2.45) is 0 Å². The Morgan fingerprint density at radius 3 is 2.84 bits per heavy atom. The monoisotopic (exact) mass is 259 g/mol. The number of hydrogen-bond acceptors (Lipinski definition) is 3. The summed E-state index contributed by atoms with van der Waals surface area (Å²) < 4.78 is 10.2. The first-order chi connectivity index (χ1) is 9.20. The maximum Gasteiger partial charge on any atom is 0.255 e. The zero-order chi connectivity index (χ0) is 13.7. The molecule has 0 bridgehead atoms. The number of furan rings is 1. The molecule has 0 aliphatic heterocycles. The highest BCUT2D eigenvalue weighted by Gasteiger charge is 2.14. The van der Waals surface area contributed by atoms with Gasteiger partial charge in [0, 0.05) is 6.04 Å². The molecule has 2 aromatic rings. The van der Waals surface area contributed by atoms with Crippen LogP contribution in [0.1, 0.15) is 22.8 Å². The van der Waals surface area contributed by atoms with Gasteiger partial charge in [0.15, 0.2) is 0 Å². The zero-order valence-corrected chi connectivity index (χ0v) is 11.1. The highest BCUT2D eigenvalue weighted by Crippen LogP contribution is 2.17. The number of amides is 1. The Hall–Kier alpha value is -2.23. The van der Waals surface area contributed by atoms with Crippen LogP contribution < -0.4 is 10.1 Å². The molecule has 0 aliphatic rings. The Bertz CT molecular complexity index is 534. The number of para-hydroxylation sites is 1. The second-order valence-corrected chi connectivity index (χ2v) is 4.41. The van der Waals surface area contributed by atoms with Gasteiger partial charge in [0.2, 0.25) is 0 Å². The van der Waals surface area contributed by atoms with Gasteiger partial charge in [0.05, 0.1) is 25.2 Å². The van der Waals surface area contributed by atoms with E-state index in [9.17, 15) is 4.79 Å². The Morgan fingerprint density at radius 1 is 1.37 bits per heavy atom. The highest BCUT2D eigenvalue weighted by molar-refractivity contribution is 5.97. The van der Waals surface area contributed by atoms with E-state index in [0.29, 0.717) is 11.3 Å². The molecule has 1 amide bonds. The van der Waals surface area contributed by atoms with Gasteiger partial charge in [-0.25, -0.2) is 0 Å². The summed E-state index contributed by atoms with van der Waals surface area (Å²) in [7, 11) is 1.56. The van der Waals surface area contributed by atoms with Crippen molar-refractivity contribution in [2.45, 2.75) is 19.4 Å². The minimum Gasteiger partial charge on any atom is -0.496 e. The van der Waals surface area contributed by atoms with E-state index in [1.54, 1.807) is 31.8 Å². The molecular formula is C15H17NO3. The second kappa shape index (κ2) is 6.09. The van der Waals surface area contributed by atoms with Crippen molar-refractivity contribution in [1.82, 2.24) is 5.32 Å². The molecule has 1 unspecified atom stereocenters. The van der Waals surface area contributed by atoms with Gasteiger partial charge >= 0.3 is 0 Å². The Balaban J connectivity index is 2.00. The lowest BCUT2D eigenvalue weighted by atomic mass is 10.1. The summed E-state index contributed by atoms with van der Waals surface area (Å²) in [6.07, 6.45) is 4.05. The van der Waals surface area contributed by atoms with Crippen LogP contribution in [0.3, 0.4) is 0 Å². The van der Waals surface area contributed by atoms with Crippen LogP contribution in [0.5, 0.6) is 5.75 Å². The van der Waals surface area contributed by atoms with Crippen molar-refractivity contribution >= 4 is 5.91 Å². The maximum atomic E-state index is 12.1. The van der Waals surface area contributed by atoms with Crippen molar-refractivity contribution in [3.63, 3.8) is 0 Å². The molecular weight excluding hydrogens is 242 g/mol. The van der Waals surface area contributed by atoms with Crippen molar-refractivity contribution in [3.8, 4) is 5.75 Å². The van der Waals surface area contributed by atoms with Gasteiger partial charge in [-0.05, 0) is 37.1 Å². The smallest absolute Gasteiger partial charge is 0.255 e.